The number of hydrogen-bond donors (Lipinski definition) is 0. The van der Waals surface area contributed by atoms with E-state index in [1.165, 1.54) is 17.4 Å². The van der Waals surface area contributed by atoms with Crippen LogP contribution < -0.4 is 0 Å². The second kappa shape index (κ2) is 8.73. The van der Waals surface area contributed by atoms with Crippen molar-refractivity contribution in [3.63, 3.8) is 0 Å². The van der Waals surface area contributed by atoms with Crippen LogP contribution in [0.3, 0.4) is 0 Å². The number of rotatable bonds is 5. The largest absolute Gasteiger partial charge is 0.288 e. The number of nitriles is 2. The van der Waals surface area contributed by atoms with Crippen molar-refractivity contribution in [3.8, 4) is 12.1 Å². The van der Waals surface area contributed by atoms with Gasteiger partial charge in [-0.25, -0.2) is 4.98 Å². The molecule has 3 aromatic rings. The number of ketones is 1. The molecule has 0 saturated heterocycles. The molecule has 0 unspecified atom stereocenters. The average Bonchev–Trinajstić information content (AvgIpc) is 3.12. The van der Waals surface area contributed by atoms with Gasteiger partial charge in [-0.3, -0.25) is 4.79 Å². The zero-order valence-corrected chi connectivity index (χ0v) is 15.9. The fourth-order valence-electron chi connectivity index (χ4n) is 2.47. The SMILES string of the molecule is Cc1nc(/C=C/c2ccc(C#N)cc2)sc1C(=O)/C=C\c1ccc(C#N)cc1. The average molecular weight is 381 g/mol. The highest BCUT2D eigenvalue weighted by Gasteiger charge is 2.11. The number of nitrogens with zero attached hydrogens (tertiary/aromatic N) is 3. The summed E-state index contributed by atoms with van der Waals surface area (Å²) in [5.41, 5.74) is 3.71. The van der Waals surface area contributed by atoms with Crippen LogP contribution in [0.5, 0.6) is 0 Å². The second-order valence-electron chi connectivity index (χ2n) is 5.97. The molecule has 0 bridgehead atoms. The predicted octanol–water partition coefficient (Wildman–Crippen LogP) is 5.26. The van der Waals surface area contributed by atoms with Crippen LogP contribution in [0.25, 0.3) is 18.2 Å². The maximum atomic E-state index is 12.5. The summed E-state index contributed by atoms with van der Waals surface area (Å²) in [5, 5.41) is 18.4. The highest BCUT2D eigenvalue weighted by molar-refractivity contribution is 7.14. The van der Waals surface area contributed by atoms with Crippen LogP contribution in [0.2, 0.25) is 0 Å². The number of aryl methyl sites for hydroxylation is 1. The number of hydrogen-bond acceptors (Lipinski definition) is 5. The minimum atomic E-state index is -0.0996. The lowest BCUT2D eigenvalue weighted by Gasteiger charge is -1.94. The molecule has 3 rings (SSSR count). The second-order valence-corrected chi connectivity index (χ2v) is 7.00. The zero-order chi connectivity index (χ0) is 19.9. The summed E-state index contributed by atoms with van der Waals surface area (Å²) in [6.45, 7) is 1.82. The van der Waals surface area contributed by atoms with Crippen molar-refractivity contribution in [3.05, 3.63) is 92.4 Å². The van der Waals surface area contributed by atoms with E-state index in [4.69, 9.17) is 10.5 Å². The number of aromatic nitrogens is 1. The monoisotopic (exact) mass is 381 g/mol. The van der Waals surface area contributed by atoms with Crippen LogP contribution in [0.15, 0.2) is 54.6 Å². The van der Waals surface area contributed by atoms with Crippen molar-refractivity contribution < 1.29 is 4.79 Å². The lowest BCUT2D eigenvalue weighted by atomic mass is 10.1. The summed E-state index contributed by atoms with van der Waals surface area (Å²) in [7, 11) is 0. The van der Waals surface area contributed by atoms with Crippen LogP contribution in [-0.4, -0.2) is 10.8 Å². The maximum Gasteiger partial charge on any atom is 0.197 e. The molecule has 0 aliphatic heterocycles. The number of allylic oxidation sites excluding steroid dienone is 1. The third-order valence-corrected chi connectivity index (χ3v) is 5.10. The molecule has 0 aliphatic carbocycles. The summed E-state index contributed by atoms with van der Waals surface area (Å²) < 4.78 is 0. The van der Waals surface area contributed by atoms with Crippen molar-refractivity contribution in [2.45, 2.75) is 6.92 Å². The molecule has 1 aromatic heterocycles. The molecule has 0 radical (unpaired) electrons. The van der Waals surface area contributed by atoms with Gasteiger partial charge in [0.25, 0.3) is 0 Å². The number of carbonyl (C=O) groups excluding carboxylic acids is 1. The minimum Gasteiger partial charge on any atom is -0.288 e. The lowest BCUT2D eigenvalue weighted by molar-refractivity contribution is 0.105. The lowest BCUT2D eigenvalue weighted by Crippen LogP contribution is -1.93. The summed E-state index contributed by atoms with van der Waals surface area (Å²) >= 11 is 1.34. The van der Waals surface area contributed by atoms with E-state index in [1.54, 1.807) is 42.5 Å². The Bertz CT molecular complexity index is 1140. The molecule has 0 saturated carbocycles. The molecule has 4 nitrogen and oxygen atoms in total. The fourth-order valence-corrected chi connectivity index (χ4v) is 3.36. The first kappa shape index (κ1) is 19.0. The van der Waals surface area contributed by atoms with Gasteiger partial charge < -0.3 is 0 Å². The molecular formula is C23H15N3OS. The Kier molecular flexibility index (Phi) is 5.91. The summed E-state index contributed by atoms with van der Waals surface area (Å²) in [4.78, 5) is 17.5. The van der Waals surface area contributed by atoms with Crippen LogP contribution >= 0.6 is 11.3 Å². The summed E-state index contributed by atoms with van der Waals surface area (Å²) in [6.07, 6.45) is 7.02. The third-order valence-electron chi connectivity index (χ3n) is 3.96. The number of thiazole rings is 1. The van der Waals surface area contributed by atoms with Crippen molar-refractivity contribution in [2.75, 3.05) is 0 Å². The highest BCUT2D eigenvalue weighted by atomic mass is 32.1. The van der Waals surface area contributed by atoms with Gasteiger partial charge in [-0.05, 0) is 54.5 Å². The molecule has 0 aliphatic rings. The van der Waals surface area contributed by atoms with Crippen LogP contribution in [0.4, 0.5) is 0 Å². The van der Waals surface area contributed by atoms with E-state index in [-0.39, 0.29) is 5.78 Å². The maximum absolute atomic E-state index is 12.5. The minimum absolute atomic E-state index is 0.0996. The molecule has 0 N–H and O–H groups in total. The molecule has 0 spiro atoms. The first-order valence-corrected chi connectivity index (χ1v) is 9.29. The molecule has 0 amide bonds. The normalized spacial score (nSPS) is 10.8. The topological polar surface area (TPSA) is 77.5 Å². The third kappa shape index (κ3) is 4.67. The first-order chi connectivity index (χ1) is 13.6. The number of carbonyl (C=O) groups is 1. The summed E-state index contributed by atoms with van der Waals surface area (Å²) in [5.74, 6) is -0.0996. The predicted molar refractivity (Wildman–Crippen MR) is 111 cm³/mol. The van der Waals surface area contributed by atoms with E-state index in [2.05, 4.69) is 17.1 Å². The smallest absolute Gasteiger partial charge is 0.197 e. The highest BCUT2D eigenvalue weighted by Crippen LogP contribution is 2.22. The molecule has 5 heteroatoms. The molecule has 2 aromatic carbocycles. The summed E-state index contributed by atoms with van der Waals surface area (Å²) in [6, 6.07) is 18.4. The van der Waals surface area contributed by atoms with E-state index >= 15 is 0 Å². The van der Waals surface area contributed by atoms with E-state index < -0.39 is 0 Å². The van der Waals surface area contributed by atoms with Gasteiger partial charge in [-0.1, -0.05) is 36.4 Å². The quantitative estimate of drug-likeness (QED) is 0.446. The van der Waals surface area contributed by atoms with Crippen molar-refractivity contribution in [2.24, 2.45) is 0 Å². The fraction of sp³-hybridized carbons (Fsp3) is 0.0435. The van der Waals surface area contributed by atoms with E-state index in [9.17, 15) is 4.79 Å². The van der Waals surface area contributed by atoms with Crippen molar-refractivity contribution in [1.29, 1.82) is 10.5 Å². The molecule has 1 heterocycles. The molecule has 0 atom stereocenters. The van der Waals surface area contributed by atoms with Crippen LogP contribution in [-0.2, 0) is 0 Å². The Hall–Kier alpha value is -3.80. The zero-order valence-electron chi connectivity index (χ0n) is 15.1. The van der Waals surface area contributed by atoms with Crippen molar-refractivity contribution >= 4 is 35.3 Å². The molecule has 28 heavy (non-hydrogen) atoms. The Morgan fingerprint density at radius 3 is 1.96 bits per heavy atom. The van der Waals surface area contributed by atoms with Gasteiger partial charge in [-0.2, -0.15) is 10.5 Å². The van der Waals surface area contributed by atoms with Gasteiger partial charge in [0.05, 0.1) is 33.8 Å². The van der Waals surface area contributed by atoms with Crippen molar-refractivity contribution in [1.82, 2.24) is 4.98 Å². The van der Waals surface area contributed by atoms with Gasteiger partial charge in [0.2, 0.25) is 0 Å². The molecule has 134 valence electrons. The van der Waals surface area contributed by atoms with Gasteiger partial charge in [0.1, 0.15) is 5.01 Å². The van der Waals surface area contributed by atoms with Gasteiger partial charge in [0, 0.05) is 0 Å². The van der Waals surface area contributed by atoms with E-state index in [0.29, 0.717) is 21.7 Å². The van der Waals surface area contributed by atoms with Crippen LogP contribution in [0.1, 0.15) is 42.6 Å². The Morgan fingerprint density at radius 2 is 1.43 bits per heavy atom. The molecular weight excluding hydrogens is 366 g/mol. The van der Waals surface area contributed by atoms with Gasteiger partial charge in [0.15, 0.2) is 5.78 Å². The Morgan fingerprint density at radius 1 is 0.893 bits per heavy atom. The van der Waals surface area contributed by atoms with Gasteiger partial charge >= 0.3 is 0 Å². The van der Waals surface area contributed by atoms with E-state index in [0.717, 1.165) is 16.1 Å². The number of benzene rings is 2. The molecule has 0 fully saturated rings. The van der Waals surface area contributed by atoms with Gasteiger partial charge in [-0.15, -0.1) is 11.3 Å². The Labute approximate surface area is 167 Å². The van der Waals surface area contributed by atoms with E-state index in [1.807, 2.05) is 31.2 Å². The first-order valence-electron chi connectivity index (χ1n) is 8.47. The standard InChI is InChI=1S/C23H15N3OS/c1-16-23(21(27)12-10-17-2-6-19(14-24)7-3-17)28-22(26-16)13-11-18-4-8-20(15-25)9-5-18/h2-13H,1H3/b12-10-,13-11+. The van der Waals surface area contributed by atoms with Crippen LogP contribution in [0, 0.1) is 29.6 Å². The Balaban J connectivity index is 1.72.